The molecule has 0 aliphatic carbocycles. The fourth-order valence-electron chi connectivity index (χ4n) is 1.87. The normalized spacial score (nSPS) is 10.2. The van der Waals surface area contributed by atoms with E-state index in [1.165, 1.54) is 0 Å². The monoisotopic (exact) mass is 279 g/mol. The average Bonchev–Trinajstić information content (AvgIpc) is 2.44. The Kier molecular flexibility index (Phi) is 6.21. The van der Waals surface area contributed by atoms with E-state index >= 15 is 0 Å². The van der Waals surface area contributed by atoms with Crippen LogP contribution in [0.1, 0.15) is 25.8 Å². The molecule has 1 rings (SSSR count). The first kappa shape index (κ1) is 16.2. The predicted molar refractivity (Wildman–Crippen MR) is 82.2 cm³/mol. The van der Waals surface area contributed by atoms with Gasteiger partial charge in [0.1, 0.15) is 18.0 Å². The molecule has 0 aromatic carbocycles. The van der Waals surface area contributed by atoms with Crippen molar-refractivity contribution < 1.29 is 4.79 Å². The van der Waals surface area contributed by atoms with Crippen LogP contribution in [0.25, 0.3) is 0 Å². The van der Waals surface area contributed by atoms with Crippen molar-refractivity contribution in [3.63, 3.8) is 0 Å². The number of carbonyl (C=O) groups excluding carboxylic acids is 1. The number of carbonyl (C=O) groups is 1. The number of rotatable bonds is 7. The Hall–Kier alpha value is -1.85. The van der Waals surface area contributed by atoms with Crippen molar-refractivity contribution >= 4 is 17.5 Å². The Morgan fingerprint density at radius 2 is 1.95 bits per heavy atom. The van der Waals surface area contributed by atoms with Gasteiger partial charge in [-0.25, -0.2) is 9.97 Å². The Labute approximate surface area is 121 Å². The third-order valence-electron chi connectivity index (χ3n) is 3.05. The number of anilines is 2. The molecule has 112 valence electrons. The van der Waals surface area contributed by atoms with Crippen LogP contribution in [0.15, 0.2) is 6.33 Å². The molecule has 0 atom stereocenters. The first-order valence-corrected chi connectivity index (χ1v) is 7.00. The van der Waals surface area contributed by atoms with Crippen LogP contribution in [0, 0.1) is 0 Å². The highest BCUT2D eigenvalue weighted by molar-refractivity contribution is 5.81. The molecule has 1 heterocycles. The molecule has 0 saturated carbocycles. The molecule has 0 radical (unpaired) electrons. The van der Waals surface area contributed by atoms with Crippen LogP contribution in [-0.2, 0) is 11.2 Å². The standard InChI is InChI=1S/C14H25N5O/c1-6-8-15-13-11(7-2)14(17-10-16-13)19(5)9-12(20)18(3)4/h10H,6-9H2,1-5H3,(H,15,16,17). The molecule has 0 spiro atoms. The summed E-state index contributed by atoms with van der Waals surface area (Å²) in [4.78, 5) is 23.9. The molecule has 0 unspecified atom stereocenters. The lowest BCUT2D eigenvalue weighted by molar-refractivity contribution is -0.127. The second kappa shape index (κ2) is 7.67. The van der Waals surface area contributed by atoms with Gasteiger partial charge in [-0.3, -0.25) is 4.79 Å². The zero-order valence-electron chi connectivity index (χ0n) is 13.1. The maximum Gasteiger partial charge on any atom is 0.241 e. The third kappa shape index (κ3) is 4.08. The van der Waals surface area contributed by atoms with Crippen LogP contribution >= 0.6 is 0 Å². The highest BCUT2D eigenvalue weighted by Gasteiger charge is 2.16. The lowest BCUT2D eigenvalue weighted by Gasteiger charge is -2.23. The number of aromatic nitrogens is 2. The zero-order chi connectivity index (χ0) is 15.1. The molecule has 6 heteroatoms. The zero-order valence-corrected chi connectivity index (χ0v) is 13.1. The third-order valence-corrected chi connectivity index (χ3v) is 3.05. The van der Waals surface area contributed by atoms with Gasteiger partial charge in [0.25, 0.3) is 0 Å². The maximum absolute atomic E-state index is 11.8. The second-order valence-electron chi connectivity index (χ2n) is 4.95. The summed E-state index contributed by atoms with van der Waals surface area (Å²) >= 11 is 0. The molecule has 0 aliphatic rings. The van der Waals surface area contributed by atoms with Crippen molar-refractivity contribution in [2.75, 3.05) is 44.4 Å². The molecule has 6 nitrogen and oxygen atoms in total. The summed E-state index contributed by atoms with van der Waals surface area (Å²) in [7, 11) is 5.39. The number of likely N-dealkylation sites (N-methyl/N-ethyl adjacent to an activating group) is 2. The van der Waals surface area contributed by atoms with E-state index in [9.17, 15) is 4.79 Å². The summed E-state index contributed by atoms with van der Waals surface area (Å²) in [5.41, 5.74) is 1.05. The van der Waals surface area contributed by atoms with Gasteiger partial charge < -0.3 is 15.1 Å². The van der Waals surface area contributed by atoms with Gasteiger partial charge in [-0.1, -0.05) is 13.8 Å². The van der Waals surface area contributed by atoms with Crippen molar-refractivity contribution in [2.45, 2.75) is 26.7 Å². The van der Waals surface area contributed by atoms with Gasteiger partial charge in [0.05, 0.1) is 6.54 Å². The van der Waals surface area contributed by atoms with Gasteiger partial charge >= 0.3 is 0 Å². The molecule has 1 aromatic heterocycles. The minimum atomic E-state index is 0.0521. The minimum Gasteiger partial charge on any atom is -0.370 e. The van der Waals surface area contributed by atoms with Gasteiger partial charge in [-0.2, -0.15) is 0 Å². The van der Waals surface area contributed by atoms with Gasteiger partial charge in [-0.05, 0) is 12.8 Å². The van der Waals surface area contributed by atoms with Crippen LogP contribution < -0.4 is 10.2 Å². The SMILES string of the molecule is CCCNc1ncnc(N(C)CC(=O)N(C)C)c1CC. The van der Waals surface area contributed by atoms with E-state index in [0.717, 1.165) is 36.6 Å². The molecule has 1 aromatic rings. The molecular formula is C14H25N5O. The summed E-state index contributed by atoms with van der Waals surface area (Å²) in [5.74, 6) is 1.73. The largest absolute Gasteiger partial charge is 0.370 e. The molecule has 0 aliphatic heterocycles. The first-order valence-electron chi connectivity index (χ1n) is 7.00. The number of hydrogen-bond acceptors (Lipinski definition) is 5. The van der Waals surface area contributed by atoms with Crippen molar-refractivity contribution in [3.8, 4) is 0 Å². The lowest BCUT2D eigenvalue weighted by atomic mass is 10.2. The summed E-state index contributed by atoms with van der Waals surface area (Å²) < 4.78 is 0. The van der Waals surface area contributed by atoms with Crippen LogP contribution in [0.2, 0.25) is 0 Å². The van der Waals surface area contributed by atoms with Crippen LogP contribution in [0.4, 0.5) is 11.6 Å². The number of nitrogens with zero attached hydrogens (tertiary/aromatic N) is 4. The van der Waals surface area contributed by atoms with Gasteiger partial charge in [0, 0.05) is 33.3 Å². The minimum absolute atomic E-state index is 0.0521. The Morgan fingerprint density at radius 3 is 2.50 bits per heavy atom. The molecule has 0 saturated heterocycles. The number of nitrogens with one attached hydrogen (secondary N) is 1. The van der Waals surface area contributed by atoms with E-state index in [-0.39, 0.29) is 5.91 Å². The van der Waals surface area contributed by atoms with E-state index in [1.807, 2.05) is 11.9 Å². The van der Waals surface area contributed by atoms with Crippen molar-refractivity contribution in [1.82, 2.24) is 14.9 Å². The van der Waals surface area contributed by atoms with Crippen LogP contribution in [0.5, 0.6) is 0 Å². The van der Waals surface area contributed by atoms with Crippen molar-refractivity contribution in [1.29, 1.82) is 0 Å². The van der Waals surface area contributed by atoms with Crippen molar-refractivity contribution in [2.24, 2.45) is 0 Å². The first-order chi connectivity index (χ1) is 9.51. The van der Waals surface area contributed by atoms with E-state index in [1.54, 1.807) is 25.3 Å². The highest BCUT2D eigenvalue weighted by atomic mass is 16.2. The van der Waals surface area contributed by atoms with E-state index in [2.05, 4.69) is 29.1 Å². The number of amides is 1. The lowest BCUT2D eigenvalue weighted by Crippen LogP contribution is -2.35. The predicted octanol–water partition coefficient (Wildman–Crippen LogP) is 1.39. The topological polar surface area (TPSA) is 61.4 Å². The summed E-state index contributed by atoms with van der Waals surface area (Å²) in [6, 6.07) is 0. The molecule has 1 amide bonds. The summed E-state index contributed by atoms with van der Waals surface area (Å²) in [6.07, 6.45) is 3.41. The Bertz CT molecular complexity index is 447. The van der Waals surface area contributed by atoms with Gasteiger partial charge in [-0.15, -0.1) is 0 Å². The smallest absolute Gasteiger partial charge is 0.241 e. The van der Waals surface area contributed by atoms with Crippen LogP contribution in [-0.4, -0.2) is 55.0 Å². The summed E-state index contributed by atoms with van der Waals surface area (Å²) in [6.45, 7) is 5.37. The maximum atomic E-state index is 11.8. The molecule has 1 N–H and O–H groups in total. The van der Waals surface area contributed by atoms with Crippen LogP contribution in [0.3, 0.4) is 0 Å². The van der Waals surface area contributed by atoms with Gasteiger partial charge in [0.2, 0.25) is 5.91 Å². The average molecular weight is 279 g/mol. The quantitative estimate of drug-likeness (QED) is 0.817. The second-order valence-corrected chi connectivity index (χ2v) is 4.95. The Morgan fingerprint density at radius 1 is 1.25 bits per heavy atom. The van der Waals surface area contributed by atoms with E-state index in [4.69, 9.17) is 0 Å². The van der Waals surface area contributed by atoms with E-state index < -0.39 is 0 Å². The summed E-state index contributed by atoms with van der Waals surface area (Å²) in [5, 5.41) is 3.31. The fraction of sp³-hybridized carbons (Fsp3) is 0.643. The van der Waals surface area contributed by atoms with Crippen molar-refractivity contribution in [3.05, 3.63) is 11.9 Å². The fourth-order valence-corrected chi connectivity index (χ4v) is 1.87. The molecule has 20 heavy (non-hydrogen) atoms. The molecule has 0 fully saturated rings. The Balaban J connectivity index is 2.95. The number of hydrogen-bond donors (Lipinski definition) is 1. The van der Waals surface area contributed by atoms with E-state index in [0.29, 0.717) is 6.54 Å². The highest BCUT2D eigenvalue weighted by Crippen LogP contribution is 2.23. The molecular weight excluding hydrogens is 254 g/mol. The molecule has 0 bridgehead atoms. The van der Waals surface area contributed by atoms with Gasteiger partial charge in [0.15, 0.2) is 0 Å².